The van der Waals surface area contributed by atoms with Crippen LogP contribution >= 0.6 is 0 Å². The first-order valence-electron chi connectivity index (χ1n) is 5.86. The molecule has 1 heterocycles. The summed E-state index contributed by atoms with van der Waals surface area (Å²) in [6.07, 6.45) is 6.84. The molecule has 0 amide bonds. The molecule has 92 valence electrons. The number of esters is 1. The molecular formula is C12H17N3O2. The molecule has 5 nitrogen and oxygen atoms in total. The van der Waals surface area contributed by atoms with Crippen LogP contribution in [-0.2, 0) is 4.74 Å². The van der Waals surface area contributed by atoms with Crippen molar-refractivity contribution in [1.82, 2.24) is 9.97 Å². The minimum Gasteiger partial charge on any atom is -0.464 e. The zero-order valence-electron chi connectivity index (χ0n) is 10.1. The van der Waals surface area contributed by atoms with Crippen LogP contribution in [0, 0.1) is 5.92 Å². The van der Waals surface area contributed by atoms with Gasteiger partial charge >= 0.3 is 5.97 Å². The van der Waals surface area contributed by atoms with E-state index in [0.29, 0.717) is 11.9 Å². The average Bonchev–Trinajstić information content (AvgIpc) is 3.12. The molecule has 1 atom stereocenters. The van der Waals surface area contributed by atoms with Gasteiger partial charge in [-0.05, 0) is 19.3 Å². The SMILES string of the molecule is COC(=O)c1cncc(NC(C)CC2CC2)n1. The molecule has 0 aromatic carbocycles. The first kappa shape index (κ1) is 11.8. The molecule has 1 unspecified atom stereocenters. The van der Waals surface area contributed by atoms with Gasteiger partial charge in [0.2, 0.25) is 0 Å². The lowest BCUT2D eigenvalue weighted by Gasteiger charge is -2.13. The van der Waals surface area contributed by atoms with Crippen molar-refractivity contribution in [2.75, 3.05) is 12.4 Å². The standard InChI is InChI=1S/C12H17N3O2/c1-8(5-9-3-4-9)14-11-7-13-6-10(15-11)12(16)17-2/h6-9H,3-5H2,1-2H3,(H,14,15). The van der Waals surface area contributed by atoms with Gasteiger partial charge in [-0.3, -0.25) is 4.98 Å². The van der Waals surface area contributed by atoms with Crippen molar-refractivity contribution in [3.05, 3.63) is 18.1 Å². The monoisotopic (exact) mass is 235 g/mol. The Morgan fingerprint density at radius 2 is 2.35 bits per heavy atom. The minimum absolute atomic E-state index is 0.233. The highest BCUT2D eigenvalue weighted by Gasteiger charge is 2.23. The summed E-state index contributed by atoms with van der Waals surface area (Å²) in [5, 5.41) is 3.25. The Morgan fingerprint density at radius 1 is 1.59 bits per heavy atom. The van der Waals surface area contributed by atoms with E-state index in [1.165, 1.54) is 26.1 Å². The fraction of sp³-hybridized carbons (Fsp3) is 0.583. The largest absolute Gasteiger partial charge is 0.464 e. The molecule has 0 saturated heterocycles. The van der Waals surface area contributed by atoms with E-state index in [1.807, 2.05) is 0 Å². The molecule has 1 aromatic rings. The highest BCUT2D eigenvalue weighted by atomic mass is 16.5. The van der Waals surface area contributed by atoms with Crippen LogP contribution in [0.2, 0.25) is 0 Å². The number of nitrogens with one attached hydrogen (secondary N) is 1. The lowest BCUT2D eigenvalue weighted by Crippen LogP contribution is -2.18. The number of ether oxygens (including phenoxy) is 1. The summed E-state index contributed by atoms with van der Waals surface area (Å²) in [6, 6.07) is 0.352. The van der Waals surface area contributed by atoms with Gasteiger partial charge in [0.05, 0.1) is 19.5 Å². The maximum atomic E-state index is 11.3. The summed E-state index contributed by atoms with van der Waals surface area (Å²) in [6.45, 7) is 2.12. The number of carbonyl (C=O) groups is 1. The summed E-state index contributed by atoms with van der Waals surface area (Å²) >= 11 is 0. The van der Waals surface area contributed by atoms with Gasteiger partial charge in [-0.15, -0.1) is 0 Å². The number of nitrogens with zero attached hydrogens (tertiary/aromatic N) is 2. The van der Waals surface area contributed by atoms with Crippen LogP contribution in [0.4, 0.5) is 5.82 Å². The highest BCUT2D eigenvalue weighted by Crippen LogP contribution is 2.33. The minimum atomic E-state index is -0.462. The Kier molecular flexibility index (Phi) is 3.56. The third-order valence-electron chi connectivity index (χ3n) is 2.81. The third kappa shape index (κ3) is 3.41. The molecule has 0 aliphatic heterocycles. The lowest BCUT2D eigenvalue weighted by atomic mass is 10.1. The first-order chi connectivity index (χ1) is 8.19. The van der Waals surface area contributed by atoms with Crippen LogP contribution in [-0.4, -0.2) is 29.1 Å². The Hall–Kier alpha value is -1.65. The smallest absolute Gasteiger partial charge is 0.358 e. The predicted molar refractivity (Wildman–Crippen MR) is 63.8 cm³/mol. The van der Waals surface area contributed by atoms with Gasteiger partial charge in [-0.2, -0.15) is 0 Å². The van der Waals surface area contributed by atoms with Crippen molar-refractivity contribution in [1.29, 1.82) is 0 Å². The van der Waals surface area contributed by atoms with E-state index in [-0.39, 0.29) is 5.69 Å². The van der Waals surface area contributed by atoms with E-state index in [0.717, 1.165) is 12.3 Å². The normalized spacial score (nSPS) is 16.4. The fourth-order valence-corrected chi connectivity index (χ4v) is 1.80. The summed E-state index contributed by atoms with van der Waals surface area (Å²) in [5.74, 6) is 1.02. The second-order valence-corrected chi connectivity index (χ2v) is 4.51. The van der Waals surface area contributed by atoms with Crippen LogP contribution in [0.1, 0.15) is 36.7 Å². The Balaban J connectivity index is 1.97. The molecule has 1 aliphatic carbocycles. The van der Waals surface area contributed by atoms with Gasteiger partial charge in [-0.1, -0.05) is 12.8 Å². The molecular weight excluding hydrogens is 218 g/mol. The summed E-state index contributed by atoms with van der Waals surface area (Å²) in [7, 11) is 1.33. The third-order valence-corrected chi connectivity index (χ3v) is 2.81. The number of aromatic nitrogens is 2. The van der Waals surface area contributed by atoms with Crippen LogP contribution in [0.15, 0.2) is 12.4 Å². The molecule has 0 bridgehead atoms. The van der Waals surface area contributed by atoms with E-state index >= 15 is 0 Å². The maximum Gasteiger partial charge on any atom is 0.358 e. The van der Waals surface area contributed by atoms with Crippen molar-refractivity contribution in [2.24, 2.45) is 5.92 Å². The quantitative estimate of drug-likeness (QED) is 0.789. The fourth-order valence-electron chi connectivity index (χ4n) is 1.80. The van der Waals surface area contributed by atoms with E-state index < -0.39 is 5.97 Å². The molecule has 2 rings (SSSR count). The van der Waals surface area contributed by atoms with Crippen molar-refractivity contribution in [2.45, 2.75) is 32.2 Å². The molecule has 1 N–H and O–H groups in total. The number of hydrogen-bond donors (Lipinski definition) is 1. The van der Waals surface area contributed by atoms with E-state index in [1.54, 1.807) is 6.20 Å². The van der Waals surface area contributed by atoms with Gasteiger partial charge in [-0.25, -0.2) is 9.78 Å². The van der Waals surface area contributed by atoms with Gasteiger partial charge in [0.1, 0.15) is 5.82 Å². The lowest BCUT2D eigenvalue weighted by molar-refractivity contribution is 0.0593. The van der Waals surface area contributed by atoms with Gasteiger partial charge in [0.25, 0.3) is 0 Å². The number of anilines is 1. The molecule has 0 spiro atoms. The highest BCUT2D eigenvalue weighted by molar-refractivity contribution is 5.87. The second-order valence-electron chi connectivity index (χ2n) is 4.51. The Labute approximate surface area is 101 Å². The predicted octanol–water partition coefficient (Wildman–Crippen LogP) is 1.86. The summed E-state index contributed by atoms with van der Waals surface area (Å²) in [5.41, 5.74) is 0.233. The number of carbonyl (C=O) groups excluding carboxylic acids is 1. The second kappa shape index (κ2) is 5.12. The van der Waals surface area contributed by atoms with E-state index in [2.05, 4.69) is 26.9 Å². The Bertz CT molecular complexity index is 404. The topological polar surface area (TPSA) is 64.1 Å². The van der Waals surface area contributed by atoms with Crippen molar-refractivity contribution in [3.8, 4) is 0 Å². The van der Waals surface area contributed by atoms with Crippen LogP contribution in [0.3, 0.4) is 0 Å². The Morgan fingerprint density at radius 3 is 3.00 bits per heavy atom. The van der Waals surface area contributed by atoms with Gasteiger partial charge in [0.15, 0.2) is 5.69 Å². The van der Waals surface area contributed by atoms with Crippen LogP contribution < -0.4 is 5.32 Å². The molecule has 5 heteroatoms. The molecule has 17 heavy (non-hydrogen) atoms. The zero-order valence-corrected chi connectivity index (χ0v) is 10.1. The molecule has 1 aliphatic rings. The van der Waals surface area contributed by atoms with Crippen molar-refractivity contribution >= 4 is 11.8 Å². The van der Waals surface area contributed by atoms with E-state index in [9.17, 15) is 4.79 Å². The van der Waals surface area contributed by atoms with Gasteiger partial charge in [0, 0.05) is 6.04 Å². The first-order valence-corrected chi connectivity index (χ1v) is 5.86. The van der Waals surface area contributed by atoms with E-state index in [4.69, 9.17) is 0 Å². The van der Waals surface area contributed by atoms with Crippen LogP contribution in [0.25, 0.3) is 0 Å². The number of hydrogen-bond acceptors (Lipinski definition) is 5. The molecule has 1 aromatic heterocycles. The maximum absolute atomic E-state index is 11.3. The summed E-state index contributed by atoms with van der Waals surface area (Å²) < 4.78 is 4.60. The van der Waals surface area contributed by atoms with Crippen molar-refractivity contribution in [3.63, 3.8) is 0 Å². The molecule has 0 radical (unpaired) electrons. The number of methoxy groups -OCH3 is 1. The zero-order chi connectivity index (χ0) is 12.3. The number of rotatable bonds is 5. The van der Waals surface area contributed by atoms with Gasteiger partial charge < -0.3 is 10.1 Å². The van der Waals surface area contributed by atoms with Crippen LogP contribution in [0.5, 0.6) is 0 Å². The van der Waals surface area contributed by atoms with Crippen molar-refractivity contribution < 1.29 is 9.53 Å². The summed E-state index contributed by atoms with van der Waals surface area (Å²) in [4.78, 5) is 19.4. The average molecular weight is 235 g/mol. The molecule has 1 fully saturated rings. The molecule has 1 saturated carbocycles.